The Bertz CT molecular complexity index is 1570. The van der Waals surface area contributed by atoms with E-state index in [1.165, 1.54) is 35.6 Å². The summed E-state index contributed by atoms with van der Waals surface area (Å²) in [5.41, 5.74) is 6.74. The second-order valence-corrected chi connectivity index (χ2v) is 11.5. The van der Waals surface area contributed by atoms with Gasteiger partial charge in [0.15, 0.2) is 0 Å². The molecule has 0 radical (unpaired) electrons. The van der Waals surface area contributed by atoms with Crippen LogP contribution in [0, 0.1) is 11.3 Å². The van der Waals surface area contributed by atoms with Crippen molar-refractivity contribution < 1.29 is 23.2 Å². The van der Waals surface area contributed by atoms with Gasteiger partial charge in [-0.15, -0.1) is 11.3 Å². The van der Waals surface area contributed by atoms with Gasteiger partial charge in [-0.05, 0) is 55.0 Å². The molecule has 4 atom stereocenters. The Morgan fingerprint density at radius 2 is 1.85 bits per heavy atom. The first-order valence-electron chi connectivity index (χ1n) is 13.0. The van der Waals surface area contributed by atoms with Crippen molar-refractivity contribution in [2.24, 2.45) is 11.7 Å². The van der Waals surface area contributed by atoms with Gasteiger partial charge in [0, 0.05) is 38.6 Å². The summed E-state index contributed by atoms with van der Waals surface area (Å²) in [4.78, 5) is 41.7. The van der Waals surface area contributed by atoms with Gasteiger partial charge in [-0.25, -0.2) is 0 Å². The molecule has 11 heteroatoms. The molecule has 1 saturated carbocycles. The molecule has 1 aromatic heterocycles. The van der Waals surface area contributed by atoms with Gasteiger partial charge in [0.2, 0.25) is 11.8 Å². The van der Waals surface area contributed by atoms with E-state index in [2.05, 4.69) is 10.6 Å². The summed E-state index contributed by atoms with van der Waals surface area (Å²) < 4.78 is 29.7. The van der Waals surface area contributed by atoms with Crippen LogP contribution in [0.25, 0.3) is 11.1 Å². The Morgan fingerprint density at radius 1 is 1.10 bits per heavy atom. The number of nitrogens with one attached hydrogen (secondary N) is 3. The number of benzene rings is 2. The first-order valence-corrected chi connectivity index (χ1v) is 13.9. The predicted molar refractivity (Wildman–Crippen MR) is 146 cm³/mol. The average Bonchev–Trinajstić information content (AvgIpc) is 3.27. The Kier molecular flexibility index (Phi) is 6.21. The lowest BCUT2D eigenvalue weighted by Gasteiger charge is -2.28. The second-order valence-electron chi connectivity index (χ2n) is 10.6. The van der Waals surface area contributed by atoms with Gasteiger partial charge in [-0.1, -0.05) is 30.3 Å². The Morgan fingerprint density at radius 3 is 2.60 bits per heavy atom. The van der Waals surface area contributed by atoms with Crippen molar-refractivity contribution in [2.45, 2.75) is 43.8 Å². The third-order valence-electron chi connectivity index (χ3n) is 7.99. The lowest BCUT2D eigenvalue weighted by Crippen LogP contribution is -2.51. The zero-order chi connectivity index (χ0) is 28.3. The maximum atomic E-state index is 14.8. The van der Waals surface area contributed by atoms with Gasteiger partial charge in [0.25, 0.3) is 11.8 Å². The number of thiophene rings is 1. The number of nitrogen functional groups attached to an aromatic ring is 1. The fourth-order valence-electron chi connectivity index (χ4n) is 5.82. The van der Waals surface area contributed by atoms with Crippen LogP contribution in [-0.2, 0) is 15.5 Å². The van der Waals surface area contributed by atoms with E-state index in [9.17, 15) is 23.2 Å². The molecule has 6 rings (SSSR count). The minimum absolute atomic E-state index is 0.0276. The molecule has 1 aliphatic heterocycles. The van der Waals surface area contributed by atoms with E-state index in [0.717, 1.165) is 11.3 Å². The molecule has 3 aliphatic rings. The van der Waals surface area contributed by atoms with E-state index in [1.807, 2.05) is 6.92 Å². The van der Waals surface area contributed by atoms with Gasteiger partial charge in [-0.2, -0.15) is 8.78 Å². The summed E-state index contributed by atoms with van der Waals surface area (Å²) >= 11 is 1.39. The second kappa shape index (κ2) is 9.51. The van der Waals surface area contributed by atoms with E-state index in [4.69, 9.17) is 11.1 Å². The van der Waals surface area contributed by atoms with Crippen LogP contribution in [-0.4, -0.2) is 47.1 Å². The smallest absolute Gasteiger partial charge is 0.299 e. The number of fused-ring (bicyclic) bond motifs is 4. The highest BCUT2D eigenvalue weighted by atomic mass is 32.1. The summed E-state index contributed by atoms with van der Waals surface area (Å²) in [7, 11) is 0. The number of hydrogen-bond donors (Lipinski definition) is 4. The fourth-order valence-corrected chi connectivity index (χ4v) is 6.74. The minimum Gasteiger partial charge on any atom is -0.384 e. The molecule has 0 bridgehead atoms. The van der Waals surface area contributed by atoms with E-state index >= 15 is 0 Å². The van der Waals surface area contributed by atoms with Crippen LogP contribution in [0.3, 0.4) is 0 Å². The molecular weight excluding hydrogens is 536 g/mol. The molecule has 8 nitrogen and oxygen atoms in total. The van der Waals surface area contributed by atoms with Crippen molar-refractivity contribution in [2.75, 3.05) is 6.54 Å². The molecule has 206 valence electrons. The largest absolute Gasteiger partial charge is 0.384 e. The number of likely N-dealkylation sites (tertiary alicyclic amines) is 1. The number of amidine groups is 1. The van der Waals surface area contributed by atoms with Crippen molar-refractivity contribution in [1.82, 2.24) is 15.5 Å². The number of nitrogens with two attached hydrogens (primary N) is 1. The third kappa shape index (κ3) is 4.34. The number of carbonyl (C=O) groups is 3. The number of rotatable bonds is 7. The molecule has 40 heavy (non-hydrogen) atoms. The highest BCUT2D eigenvalue weighted by Crippen LogP contribution is 2.51. The highest BCUT2D eigenvalue weighted by Gasteiger charge is 2.56. The van der Waals surface area contributed by atoms with Gasteiger partial charge in [0.1, 0.15) is 11.9 Å². The standard InChI is InChI=1S/C29H27F2N5O3S/c1-14(24-11-17(13-40-24)26(32)33)35-28(39)23-10-16-9-22(16)36(23)25(37)12-34-27(38)15-6-7-21-19(8-15)18-4-2-3-5-20(18)29(21,30)31/h2-8,11,13-14,16,22-23H,9-10,12H2,1H3,(H3,32,33)(H,34,38)(H,35,39)/t14-,16?,22?,23?/m1/s1. The lowest BCUT2D eigenvalue weighted by atomic mass is 10.0. The third-order valence-corrected chi connectivity index (χ3v) is 9.10. The molecule has 5 N–H and O–H groups in total. The lowest BCUT2D eigenvalue weighted by molar-refractivity contribution is -0.139. The van der Waals surface area contributed by atoms with Crippen molar-refractivity contribution in [3.05, 3.63) is 81.0 Å². The van der Waals surface area contributed by atoms with Crippen LogP contribution in [0.5, 0.6) is 0 Å². The van der Waals surface area contributed by atoms with Gasteiger partial charge in [0.05, 0.1) is 12.6 Å². The number of amides is 3. The molecule has 3 amide bonds. The number of hydrogen-bond acceptors (Lipinski definition) is 5. The summed E-state index contributed by atoms with van der Waals surface area (Å²) in [6, 6.07) is 11.0. The van der Waals surface area contributed by atoms with E-state index in [1.54, 1.807) is 34.5 Å². The van der Waals surface area contributed by atoms with Crippen LogP contribution in [0.15, 0.2) is 53.9 Å². The van der Waals surface area contributed by atoms with Crippen LogP contribution < -0.4 is 16.4 Å². The summed E-state index contributed by atoms with van der Waals surface area (Å²) in [5.74, 6) is -4.10. The fraction of sp³-hybridized carbons (Fsp3) is 0.310. The van der Waals surface area contributed by atoms with Gasteiger partial charge >= 0.3 is 0 Å². The summed E-state index contributed by atoms with van der Waals surface area (Å²) in [5, 5.41) is 14.9. The minimum atomic E-state index is -3.14. The average molecular weight is 564 g/mol. The maximum Gasteiger partial charge on any atom is 0.299 e. The molecule has 0 spiro atoms. The van der Waals surface area contributed by atoms with Crippen LogP contribution in [0.1, 0.15) is 57.7 Å². The zero-order valence-electron chi connectivity index (χ0n) is 21.5. The molecular formula is C29H27F2N5O3S. The van der Waals surface area contributed by atoms with Gasteiger partial charge in [-0.3, -0.25) is 19.8 Å². The Labute approximate surface area is 233 Å². The quantitative estimate of drug-likeness (QED) is 0.258. The number of piperidine rings is 1. The highest BCUT2D eigenvalue weighted by molar-refractivity contribution is 7.10. The molecule has 3 unspecified atom stereocenters. The number of nitrogens with zero attached hydrogens (tertiary/aromatic N) is 1. The van der Waals surface area contributed by atoms with Crippen molar-refractivity contribution in [1.29, 1.82) is 5.41 Å². The van der Waals surface area contributed by atoms with Crippen molar-refractivity contribution in [3.8, 4) is 11.1 Å². The van der Waals surface area contributed by atoms with Crippen molar-refractivity contribution in [3.63, 3.8) is 0 Å². The van der Waals surface area contributed by atoms with Crippen molar-refractivity contribution >= 4 is 34.9 Å². The molecule has 2 aromatic carbocycles. The zero-order valence-corrected chi connectivity index (χ0v) is 22.4. The van der Waals surface area contributed by atoms with Crippen LogP contribution >= 0.6 is 11.3 Å². The van der Waals surface area contributed by atoms with E-state index in [-0.39, 0.29) is 58.9 Å². The van der Waals surface area contributed by atoms with Crippen LogP contribution in [0.2, 0.25) is 0 Å². The normalized spacial score (nSPS) is 22.1. The molecule has 2 aliphatic carbocycles. The number of halogens is 2. The Hall–Kier alpha value is -4.12. The maximum absolute atomic E-state index is 14.8. The predicted octanol–water partition coefficient (Wildman–Crippen LogP) is 3.75. The van der Waals surface area contributed by atoms with E-state index < -0.39 is 17.9 Å². The number of carbonyl (C=O) groups excluding carboxylic acids is 3. The first kappa shape index (κ1) is 26.1. The van der Waals surface area contributed by atoms with Gasteiger partial charge < -0.3 is 21.3 Å². The van der Waals surface area contributed by atoms with Crippen LogP contribution in [0.4, 0.5) is 8.78 Å². The summed E-state index contributed by atoms with van der Waals surface area (Å²) in [6.45, 7) is 1.53. The molecule has 3 aromatic rings. The molecule has 1 saturated heterocycles. The van der Waals surface area contributed by atoms with E-state index in [0.29, 0.717) is 23.1 Å². The summed E-state index contributed by atoms with van der Waals surface area (Å²) in [6.07, 6.45) is 1.38. The number of alkyl halides is 2. The first-order chi connectivity index (χ1) is 19.1. The topological polar surface area (TPSA) is 128 Å². The molecule has 2 heterocycles. The SMILES string of the molecule is C[C@@H](NC(=O)C1CC2CC2N1C(=O)CNC(=O)c1ccc2c(c1)-c1ccccc1C2(F)F)c1cc(C(=N)N)cs1. The Balaban J connectivity index is 1.11. The molecule has 2 fully saturated rings. The monoisotopic (exact) mass is 563 g/mol.